The summed E-state index contributed by atoms with van der Waals surface area (Å²) < 4.78 is 0. The molecule has 0 saturated heterocycles. The molecule has 29 heavy (non-hydrogen) atoms. The van der Waals surface area contributed by atoms with Crippen LogP contribution in [0.15, 0.2) is 42.6 Å². The number of fused-ring (bicyclic) bond motifs is 1. The summed E-state index contributed by atoms with van der Waals surface area (Å²) in [4.78, 5) is 32.0. The molecule has 0 atom stereocenters. The summed E-state index contributed by atoms with van der Waals surface area (Å²) in [6.45, 7) is 3.79. The normalized spacial score (nSPS) is 11.0. The molecule has 4 aromatic rings. The Morgan fingerprint density at radius 2 is 1.86 bits per heavy atom. The zero-order valence-electron chi connectivity index (χ0n) is 16.5. The van der Waals surface area contributed by atoms with Gasteiger partial charge in [0.25, 0.3) is 5.91 Å². The topological polar surface area (TPSA) is 104 Å². The van der Waals surface area contributed by atoms with E-state index in [1.807, 2.05) is 38.1 Å². The number of benzene rings is 1. The molecular formula is C22H21N5O2. The lowest BCUT2D eigenvalue weighted by Gasteiger charge is -2.01. The van der Waals surface area contributed by atoms with Crippen LogP contribution in [0.5, 0.6) is 0 Å². The van der Waals surface area contributed by atoms with Gasteiger partial charge in [-0.1, -0.05) is 12.1 Å². The average molecular weight is 387 g/mol. The standard InChI is InChI=1S/C22H21N5O2/c1-12-13(2)26-27-20(12)19(28)9-14-8-17-10-18(25-21(17)24-11-14)15-4-6-16(7-5-15)22(29)23-3/h4-8,10-11H,9H2,1-3H3,(H,23,29)(H,24,25)(H,26,27). The molecular weight excluding hydrogens is 366 g/mol. The van der Waals surface area contributed by atoms with Gasteiger partial charge in [0.05, 0.1) is 0 Å². The molecule has 0 aliphatic rings. The number of amides is 1. The van der Waals surface area contributed by atoms with Crippen LogP contribution in [0, 0.1) is 13.8 Å². The molecule has 1 amide bonds. The van der Waals surface area contributed by atoms with Crippen molar-refractivity contribution in [3.05, 3.63) is 70.7 Å². The van der Waals surface area contributed by atoms with Crippen molar-refractivity contribution < 1.29 is 9.59 Å². The highest BCUT2D eigenvalue weighted by molar-refractivity contribution is 5.97. The van der Waals surface area contributed by atoms with Gasteiger partial charge in [-0.25, -0.2) is 4.98 Å². The number of aromatic amines is 2. The lowest BCUT2D eigenvalue weighted by molar-refractivity contribution is 0.0960. The highest BCUT2D eigenvalue weighted by Crippen LogP contribution is 2.24. The Bertz CT molecular complexity index is 1220. The second-order valence-corrected chi connectivity index (χ2v) is 7.04. The Morgan fingerprint density at radius 3 is 2.52 bits per heavy atom. The molecule has 7 nitrogen and oxygen atoms in total. The minimum Gasteiger partial charge on any atom is -0.355 e. The second-order valence-electron chi connectivity index (χ2n) is 7.04. The van der Waals surface area contributed by atoms with Gasteiger partial charge in [0, 0.05) is 47.6 Å². The first kappa shape index (κ1) is 18.6. The molecule has 146 valence electrons. The van der Waals surface area contributed by atoms with Crippen molar-refractivity contribution in [2.45, 2.75) is 20.3 Å². The number of aryl methyl sites for hydroxylation is 1. The van der Waals surface area contributed by atoms with Crippen molar-refractivity contribution >= 4 is 22.7 Å². The number of hydrogen-bond donors (Lipinski definition) is 3. The average Bonchev–Trinajstić information content (AvgIpc) is 3.30. The molecule has 0 fully saturated rings. The molecule has 4 rings (SSSR count). The number of pyridine rings is 1. The predicted octanol–water partition coefficient (Wildman–Crippen LogP) is 3.35. The van der Waals surface area contributed by atoms with Gasteiger partial charge >= 0.3 is 0 Å². The highest BCUT2D eigenvalue weighted by atomic mass is 16.1. The van der Waals surface area contributed by atoms with Crippen molar-refractivity contribution in [3.8, 4) is 11.3 Å². The van der Waals surface area contributed by atoms with E-state index in [4.69, 9.17) is 0 Å². The van der Waals surface area contributed by atoms with Crippen LogP contribution in [0.25, 0.3) is 22.3 Å². The Balaban J connectivity index is 1.58. The van der Waals surface area contributed by atoms with Crippen LogP contribution in [0.4, 0.5) is 0 Å². The molecule has 0 spiro atoms. The fourth-order valence-corrected chi connectivity index (χ4v) is 3.28. The lowest BCUT2D eigenvalue weighted by Crippen LogP contribution is -2.17. The van der Waals surface area contributed by atoms with E-state index < -0.39 is 0 Å². The van der Waals surface area contributed by atoms with E-state index in [-0.39, 0.29) is 18.1 Å². The van der Waals surface area contributed by atoms with Crippen LogP contribution < -0.4 is 5.32 Å². The summed E-state index contributed by atoms with van der Waals surface area (Å²) in [5.41, 5.74) is 6.31. The molecule has 7 heteroatoms. The number of nitrogens with zero attached hydrogens (tertiary/aromatic N) is 2. The maximum atomic E-state index is 12.6. The van der Waals surface area contributed by atoms with Crippen molar-refractivity contribution in [1.29, 1.82) is 0 Å². The van der Waals surface area contributed by atoms with Crippen molar-refractivity contribution in [2.24, 2.45) is 0 Å². The molecule has 0 radical (unpaired) electrons. The molecule has 3 aromatic heterocycles. The van der Waals surface area contributed by atoms with E-state index in [2.05, 4.69) is 25.5 Å². The lowest BCUT2D eigenvalue weighted by atomic mass is 10.0. The summed E-state index contributed by atoms with van der Waals surface area (Å²) in [5, 5.41) is 10.5. The number of hydrogen-bond acceptors (Lipinski definition) is 4. The number of ketones is 1. The first-order chi connectivity index (χ1) is 14.0. The van der Waals surface area contributed by atoms with Gasteiger partial charge in [-0.3, -0.25) is 14.7 Å². The summed E-state index contributed by atoms with van der Waals surface area (Å²) in [7, 11) is 1.61. The minimum atomic E-state index is -0.119. The Morgan fingerprint density at radius 1 is 1.10 bits per heavy atom. The number of carbonyl (C=O) groups is 2. The first-order valence-electron chi connectivity index (χ1n) is 9.31. The summed E-state index contributed by atoms with van der Waals surface area (Å²) in [6.07, 6.45) is 1.96. The molecule has 0 unspecified atom stereocenters. The van der Waals surface area contributed by atoms with Crippen molar-refractivity contribution in [2.75, 3.05) is 7.05 Å². The van der Waals surface area contributed by atoms with Gasteiger partial charge in [0.2, 0.25) is 0 Å². The molecule has 0 aliphatic carbocycles. The van der Waals surface area contributed by atoms with Crippen LogP contribution in [-0.4, -0.2) is 38.9 Å². The fourth-order valence-electron chi connectivity index (χ4n) is 3.28. The van der Waals surface area contributed by atoms with Crippen LogP contribution in [0.2, 0.25) is 0 Å². The number of Topliss-reactive ketones (excluding diaryl/α,β-unsaturated/α-hetero) is 1. The molecule has 1 aromatic carbocycles. The fraction of sp³-hybridized carbons (Fsp3) is 0.182. The van der Waals surface area contributed by atoms with Gasteiger partial charge in [-0.2, -0.15) is 5.10 Å². The van der Waals surface area contributed by atoms with Gasteiger partial charge in [-0.15, -0.1) is 0 Å². The SMILES string of the molecule is CNC(=O)c1ccc(-c2cc3cc(CC(=O)c4n[nH]c(C)c4C)cnc3[nH]2)cc1. The van der Waals surface area contributed by atoms with Crippen LogP contribution in [0.1, 0.15) is 37.7 Å². The number of rotatable bonds is 5. The van der Waals surface area contributed by atoms with Gasteiger partial charge < -0.3 is 10.3 Å². The predicted molar refractivity (Wildman–Crippen MR) is 111 cm³/mol. The Hall–Kier alpha value is -3.74. The van der Waals surface area contributed by atoms with Crippen molar-refractivity contribution in [3.63, 3.8) is 0 Å². The molecule has 0 bridgehead atoms. The maximum Gasteiger partial charge on any atom is 0.251 e. The monoisotopic (exact) mass is 387 g/mol. The van der Waals surface area contributed by atoms with Gasteiger partial charge in [0.1, 0.15) is 11.3 Å². The Labute approximate surface area is 167 Å². The third-order valence-corrected chi connectivity index (χ3v) is 5.09. The minimum absolute atomic E-state index is 0.0338. The third-order valence-electron chi connectivity index (χ3n) is 5.09. The van der Waals surface area contributed by atoms with Crippen molar-refractivity contribution in [1.82, 2.24) is 25.5 Å². The van der Waals surface area contributed by atoms with E-state index in [1.54, 1.807) is 25.4 Å². The largest absolute Gasteiger partial charge is 0.355 e. The summed E-state index contributed by atoms with van der Waals surface area (Å²) in [5.74, 6) is -0.153. The number of nitrogens with one attached hydrogen (secondary N) is 3. The first-order valence-corrected chi connectivity index (χ1v) is 9.31. The summed E-state index contributed by atoms with van der Waals surface area (Å²) in [6, 6.07) is 11.3. The van der Waals surface area contributed by atoms with Crippen LogP contribution >= 0.6 is 0 Å². The second kappa shape index (κ2) is 7.35. The van der Waals surface area contributed by atoms with E-state index >= 15 is 0 Å². The zero-order chi connectivity index (χ0) is 20.5. The smallest absolute Gasteiger partial charge is 0.251 e. The summed E-state index contributed by atoms with van der Waals surface area (Å²) >= 11 is 0. The molecule has 0 saturated carbocycles. The third kappa shape index (κ3) is 3.54. The highest BCUT2D eigenvalue weighted by Gasteiger charge is 2.16. The van der Waals surface area contributed by atoms with E-state index in [0.29, 0.717) is 11.3 Å². The number of carbonyl (C=O) groups excluding carboxylic acids is 2. The van der Waals surface area contributed by atoms with E-state index in [0.717, 1.165) is 39.1 Å². The van der Waals surface area contributed by atoms with E-state index in [9.17, 15) is 9.59 Å². The number of H-pyrrole nitrogens is 2. The van der Waals surface area contributed by atoms with Crippen LogP contribution in [-0.2, 0) is 6.42 Å². The number of aromatic nitrogens is 4. The Kier molecular flexibility index (Phi) is 4.72. The van der Waals surface area contributed by atoms with Gasteiger partial charge in [-0.05, 0) is 49.2 Å². The molecule has 3 heterocycles. The van der Waals surface area contributed by atoms with Crippen LogP contribution in [0.3, 0.4) is 0 Å². The van der Waals surface area contributed by atoms with E-state index in [1.165, 1.54) is 0 Å². The van der Waals surface area contributed by atoms with Gasteiger partial charge in [0.15, 0.2) is 5.78 Å². The quantitative estimate of drug-likeness (QED) is 0.457. The molecule has 0 aliphatic heterocycles. The maximum absolute atomic E-state index is 12.6. The zero-order valence-corrected chi connectivity index (χ0v) is 16.5. The molecule has 3 N–H and O–H groups in total.